The van der Waals surface area contributed by atoms with E-state index in [-0.39, 0.29) is 12.1 Å². The van der Waals surface area contributed by atoms with E-state index in [1.54, 1.807) is 0 Å². The third-order valence-corrected chi connectivity index (χ3v) is 8.66. The maximum absolute atomic E-state index is 12.8. The largest absolute Gasteiger partial charge is 0.370 e. The number of hydrogen-bond acceptors (Lipinski definition) is 3. The summed E-state index contributed by atoms with van der Waals surface area (Å²) in [7, 11) is 2.37. The molecule has 5 rings (SSSR count). The number of likely N-dealkylation sites (N-methyl/N-ethyl adjacent to an activating group) is 2. The number of fused-ring (bicyclic) bond motifs is 2. The Morgan fingerprint density at radius 2 is 2.00 bits per heavy atom. The molecular formula is C27H42N5O2+. The predicted molar refractivity (Wildman–Crippen MR) is 136 cm³/mol. The van der Waals surface area contributed by atoms with Crippen LogP contribution in [0.15, 0.2) is 18.2 Å². The molecule has 3 heterocycles. The van der Waals surface area contributed by atoms with E-state index in [0.29, 0.717) is 12.0 Å². The first-order valence-electron chi connectivity index (χ1n) is 13.3. The van der Waals surface area contributed by atoms with Crippen molar-refractivity contribution in [2.24, 2.45) is 0 Å². The summed E-state index contributed by atoms with van der Waals surface area (Å²) in [6.45, 7) is 14.7. The number of carbonyl (C=O) groups is 1. The smallest absolute Gasteiger partial charge is 0.317 e. The lowest BCUT2D eigenvalue weighted by atomic mass is 9.73. The molecule has 0 spiro atoms. The van der Waals surface area contributed by atoms with Gasteiger partial charge in [-0.05, 0) is 50.4 Å². The number of ether oxygens (including phenoxy) is 1. The van der Waals surface area contributed by atoms with E-state index in [0.717, 1.165) is 76.4 Å². The molecular weight excluding hydrogens is 426 g/mol. The van der Waals surface area contributed by atoms with Gasteiger partial charge in [0.25, 0.3) is 0 Å². The number of amides is 2. The molecule has 34 heavy (non-hydrogen) atoms. The molecule has 2 saturated heterocycles. The van der Waals surface area contributed by atoms with Crippen LogP contribution in [-0.2, 0) is 17.7 Å². The van der Waals surface area contributed by atoms with Crippen molar-refractivity contribution in [2.75, 3.05) is 59.5 Å². The van der Waals surface area contributed by atoms with Crippen LogP contribution in [-0.4, -0.2) is 96.9 Å². The Kier molecular flexibility index (Phi) is 6.62. The summed E-state index contributed by atoms with van der Waals surface area (Å²) in [4.78, 5) is 21.2. The van der Waals surface area contributed by atoms with Crippen LogP contribution >= 0.6 is 0 Å². The van der Waals surface area contributed by atoms with Gasteiger partial charge in [-0.15, -0.1) is 0 Å². The zero-order chi connectivity index (χ0) is 23.9. The molecule has 2 aromatic rings. The van der Waals surface area contributed by atoms with Gasteiger partial charge in [-0.1, -0.05) is 19.1 Å². The van der Waals surface area contributed by atoms with Gasteiger partial charge in [0.1, 0.15) is 19.6 Å². The van der Waals surface area contributed by atoms with Gasteiger partial charge in [0.05, 0.1) is 26.0 Å². The number of likely N-dealkylation sites (tertiary alicyclic amines) is 1. The van der Waals surface area contributed by atoms with E-state index in [2.05, 4.69) is 47.4 Å². The molecule has 0 radical (unpaired) electrons. The van der Waals surface area contributed by atoms with Crippen molar-refractivity contribution in [1.29, 1.82) is 0 Å². The van der Waals surface area contributed by atoms with Gasteiger partial charge < -0.3 is 24.4 Å². The van der Waals surface area contributed by atoms with Crippen molar-refractivity contribution in [3.05, 3.63) is 35.0 Å². The van der Waals surface area contributed by atoms with Crippen molar-refractivity contribution in [3.63, 3.8) is 0 Å². The van der Waals surface area contributed by atoms with Gasteiger partial charge in [-0.25, -0.2) is 4.79 Å². The Labute approximate surface area is 204 Å². The first-order chi connectivity index (χ1) is 16.5. The number of urea groups is 1. The minimum Gasteiger partial charge on any atom is -0.370 e. The van der Waals surface area contributed by atoms with Crippen LogP contribution in [0.5, 0.6) is 0 Å². The topological polar surface area (TPSA) is 60.6 Å². The molecule has 1 unspecified atom stereocenters. The van der Waals surface area contributed by atoms with Gasteiger partial charge in [-0.3, -0.25) is 4.90 Å². The van der Waals surface area contributed by atoms with Crippen LogP contribution in [0.1, 0.15) is 49.9 Å². The summed E-state index contributed by atoms with van der Waals surface area (Å²) in [5.41, 5.74) is 5.69. The maximum atomic E-state index is 12.8. The SMILES string of the molecule is CCN(CC)C(=O)N[C@H]1CC2c3cccc4[nH]c(C[N+]5(C)CCOCC5)c(c34)C[C@H]2N(CC)C1. The van der Waals surface area contributed by atoms with Gasteiger partial charge in [0, 0.05) is 48.5 Å². The Morgan fingerprint density at radius 1 is 1.24 bits per heavy atom. The number of H-pyrrole nitrogens is 1. The zero-order valence-electron chi connectivity index (χ0n) is 21.4. The Balaban J connectivity index is 1.46. The number of piperidine rings is 1. The maximum Gasteiger partial charge on any atom is 0.317 e. The summed E-state index contributed by atoms with van der Waals surface area (Å²) in [6.07, 6.45) is 2.11. The van der Waals surface area contributed by atoms with E-state index < -0.39 is 0 Å². The molecule has 3 aliphatic rings. The monoisotopic (exact) mass is 468 g/mol. The van der Waals surface area contributed by atoms with Crippen LogP contribution in [0.4, 0.5) is 4.79 Å². The third-order valence-electron chi connectivity index (χ3n) is 8.66. The van der Waals surface area contributed by atoms with Crippen LogP contribution < -0.4 is 5.32 Å². The lowest BCUT2D eigenvalue weighted by Crippen LogP contribution is -2.57. The van der Waals surface area contributed by atoms with Crippen molar-refractivity contribution in [1.82, 2.24) is 20.1 Å². The molecule has 1 aliphatic carbocycles. The molecule has 1 aromatic heterocycles. The van der Waals surface area contributed by atoms with Gasteiger partial charge in [0.2, 0.25) is 0 Å². The second-order valence-corrected chi connectivity index (χ2v) is 10.7. The summed E-state index contributed by atoms with van der Waals surface area (Å²) >= 11 is 0. The summed E-state index contributed by atoms with van der Waals surface area (Å²) in [6, 6.07) is 7.55. The van der Waals surface area contributed by atoms with Crippen molar-refractivity contribution in [2.45, 2.75) is 58.2 Å². The number of aromatic nitrogens is 1. The van der Waals surface area contributed by atoms with Crippen molar-refractivity contribution >= 4 is 16.9 Å². The number of nitrogens with one attached hydrogen (secondary N) is 2. The highest BCUT2D eigenvalue weighted by atomic mass is 16.5. The van der Waals surface area contributed by atoms with E-state index in [1.807, 2.05) is 18.7 Å². The fourth-order valence-electron chi connectivity index (χ4n) is 6.66. The average Bonchev–Trinajstić information content (AvgIpc) is 3.17. The number of benzene rings is 1. The highest BCUT2D eigenvalue weighted by Crippen LogP contribution is 2.45. The number of nitrogens with zero attached hydrogens (tertiary/aromatic N) is 3. The summed E-state index contributed by atoms with van der Waals surface area (Å²) < 4.78 is 6.69. The van der Waals surface area contributed by atoms with E-state index in [4.69, 9.17) is 4.74 Å². The van der Waals surface area contributed by atoms with Gasteiger partial charge >= 0.3 is 6.03 Å². The lowest BCUT2D eigenvalue weighted by molar-refractivity contribution is -0.929. The van der Waals surface area contributed by atoms with E-state index in [1.165, 1.54) is 27.7 Å². The number of carbonyl (C=O) groups excluding carboxylic acids is 1. The molecule has 186 valence electrons. The Hall–Kier alpha value is -2.09. The minimum absolute atomic E-state index is 0.0746. The predicted octanol–water partition coefficient (Wildman–Crippen LogP) is 3.30. The second kappa shape index (κ2) is 9.51. The fraction of sp³-hybridized carbons (Fsp3) is 0.667. The van der Waals surface area contributed by atoms with E-state index >= 15 is 0 Å². The molecule has 0 bridgehead atoms. The molecule has 2 fully saturated rings. The number of hydrogen-bond donors (Lipinski definition) is 2. The fourth-order valence-corrected chi connectivity index (χ4v) is 6.66. The lowest BCUT2D eigenvalue weighted by Gasteiger charge is -2.47. The second-order valence-electron chi connectivity index (χ2n) is 10.7. The molecule has 1 aromatic carbocycles. The van der Waals surface area contributed by atoms with Gasteiger partial charge in [0.15, 0.2) is 0 Å². The highest BCUT2D eigenvalue weighted by Gasteiger charge is 2.42. The number of aromatic amines is 1. The quantitative estimate of drug-likeness (QED) is 0.640. The normalized spacial score (nSPS) is 26.3. The van der Waals surface area contributed by atoms with Crippen molar-refractivity contribution < 1.29 is 14.0 Å². The highest BCUT2D eigenvalue weighted by molar-refractivity contribution is 5.89. The first kappa shape index (κ1) is 23.6. The van der Waals surface area contributed by atoms with E-state index in [9.17, 15) is 4.79 Å². The van der Waals surface area contributed by atoms with Crippen LogP contribution in [0.25, 0.3) is 10.9 Å². The number of quaternary nitrogens is 1. The van der Waals surface area contributed by atoms with Crippen LogP contribution in [0, 0.1) is 0 Å². The molecule has 2 N–H and O–H groups in total. The molecule has 2 aliphatic heterocycles. The average molecular weight is 469 g/mol. The summed E-state index contributed by atoms with van der Waals surface area (Å²) in [5, 5.41) is 4.81. The van der Waals surface area contributed by atoms with Crippen molar-refractivity contribution in [3.8, 4) is 0 Å². The summed E-state index contributed by atoms with van der Waals surface area (Å²) in [5.74, 6) is 0.448. The molecule has 2 amide bonds. The van der Waals surface area contributed by atoms with Crippen LogP contribution in [0.3, 0.4) is 0 Å². The van der Waals surface area contributed by atoms with Gasteiger partial charge in [-0.2, -0.15) is 0 Å². The Morgan fingerprint density at radius 3 is 2.71 bits per heavy atom. The number of morpholine rings is 1. The molecule has 3 atom stereocenters. The number of rotatable bonds is 6. The minimum atomic E-state index is 0.0746. The van der Waals surface area contributed by atoms with Crippen LogP contribution in [0.2, 0.25) is 0 Å². The first-order valence-corrected chi connectivity index (χ1v) is 13.3. The zero-order valence-corrected chi connectivity index (χ0v) is 21.4. The third kappa shape index (κ3) is 4.23. The molecule has 7 nitrogen and oxygen atoms in total. The molecule has 7 heteroatoms. The standard InChI is InChI=1S/C27H41N5O2/c1-5-30(6-2)27(33)28-19-15-21-20-9-8-10-23-26(20)22(16-25(21)31(7-3)17-19)24(29-23)18-32(4)11-13-34-14-12-32/h8-10,19,21,25,29H,5-7,11-18H2,1-4H3/p+1/t19-,21?,25+/m0/s1. The molecule has 0 saturated carbocycles. The Bertz CT molecular complexity index is 1020.